The van der Waals surface area contributed by atoms with Gasteiger partial charge in [-0.2, -0.15) is 0 Å². The second-order valence-corrected chi connectivity index (χ2v) is 67.0. The van der Waals surface area contributed by atoms with E-state index in [0.717, 1.165) is 18.8 Å². The first kappa shape index (κ1) is 10.3. The van der Waals surface area contributed by atoms with Crippen LogP contribution in [0.3, 0.4) is 0 Å². The van der Waals surface area contributed by atoms with Crippen molar-refractivity contribution in [1.82, 2.24) is 0 Å². The average Bonchev–Trinajstić information content (AvgIpc) is 3.60. The van der Waals surface area contributed by atoms with E-state index in [9.17, 15) is 0 Å². The van der Waals surface area contributed by atoms with Crippen molar-refractivity contribution in [1.29, 1.82) is 0 Å². The molecule has 3 heteroatoms. The zero-order valence-corrected chi connectivity index (χ0v) is 16.2. The standard InChI is InChI=1S/C17H13O2.C5H5.Zr/c1-3-8-14(9-4-1)18-16-12-7-13-17(16)19-15-10-5-2-6-11-15;1-2-4-5-3-1;/h1-13H;1-5H;. The minimum absolute atomic E-state index is 0.259. The molecular formula is C22H18O2Zr. The van der Waals surface area contributed by atoms with Gasteiger partial charge in [-0.3, -0.25) is 0 Å². The molecular weight excluding hydrogens is 387 g/mol. The fraction of sp³-hybridized carbons (Fsp3) is 0.455. The Bertz CT molecular complexity index is 1370. The number of hydrogen-bond donors (Lipinski definition) is 0. The fourth-order valence-electron chi connectivity index (χ4n) is 25.6. The van der Waals surface area contributed by atoms with Crippen molar-refractivity contribution in [3.05, 3.63) is 60.7 Å². The molecule has 0 N–H and O–H groups in total. The van der Waals surface area contributed by atoms with Crippen LogP contribution in [0, 0.1) is 0 Å². The second kappa shape index (κ2) is 1.15. The van der Waals surface area contributed by atoms with Gasteiger partial charge in [0.25, 0.3) is 0 Å². The number of hydrogen-bond acceptors (Lipinski definition) is 2. The molecule has 10 aliphatic rings. The monoisotopic (exact) mass is 404 g/mol. The van der Waals surface area contributed by atoms with Crippen LogP contribution in [0.1, 0.15) is 0 Å². The number of ether oxygens (including phenoxy) is 2. The molecule has 0 aliphatic carbocycles. The Morgan fingerprint density at radius 3 is 1.28 bits per heavy atom. The molecule has 2 nitrogen and oxygen atoms in total. The maximum atomic E-state index is 7.15. The van der Waals surface area contributed by atoms with Crippen LogP contribution in [0.15, 0.2) is 60.7 Å². The zero-order valence-electron chi connectivity index (χ0n) is 13.7. The molecule has 0 bridgehead atoms. The van der Waals surface area contributed by atoms with Crippen LogP contribution in [-0.2, 0) is 11.4 Å². The molecule has 12 rings (SSSR count). The Hall–Kier alpha value is -1.08. The van der Waals surface area contributed by atoms with Crippen LogP contribution in [0.5, 0.6) is 11.5 Å². The number of benzene rings is 2. The molecule has 0 aromatic heterocycles. The van der Waals surface area contributed by atoms with Gasteiger partial charge in [0.1, 0.15) is 0 Å². The van der Waals surface area contributed by atoms with Crippen LogP contribution in [0.25, 0.3) is 0 Å². The summed E-state index contributed by atoms with van der Waals surface area (Å²) in [5.41, 5.74) is 0. The quantitative estimate of drug-likeness (QED) is 0.683. The maximum absolute atomic E-state index is 7.15. The molecule has 122 valence electrons. The van der Waals surface area contributed by atoms with Gasteiger partial charge in [0.05, 0.1) is 0 Å². The van der Waals surface area contributed by atoms with Crippen molar-refractivity contribution < 1.29 is 20.8 Å². The molecule has 0 saturated carbocycles. The van der Waals surface area contributed by atoms with Crippen LogP contribution in [-0.4, -0.2) is 6.62 Å². The Labute approximate surface area is 128 Å². The van der Waals surface area contributed by atoms with Gasteiger partial charge in [0, 0.05) is 0 Å². The van der Waals surface area contributed by atoms with Crippen molar-refractivity contribution in [2.75, 3.05) is 0 Å². The summed E-state index contributed by atoms with van der Waals surface area (Å²) in [4.78, 5) is 0. The normalized spacial score (nSPS) is 87.2. The number of para-hydroxylation sites is 2. The molecule has 25 heavy (non-hydrogen) atoms. The van der Waals surface area contributed by atoms with Crippen molar-refractivity contribution in [2.24, 2.45) is 0 Å². The predicted molar refractivity (Wildman–Crippen MR) is 89.6 cm³/mol. The van der Waals surface area contributed by atoms with E-state index in [1.54, 1.807) is 0 Å². The Morgan fingerprint density at radius 2 is 0.960 bits per heavy atom. The van der Waals surface area contributed by atoms with Crippen molar-refractivity contribution in [3.8, 4) is 11.5 Å². The van der Waals surface area contributed by atoms with Crippen molar-refractivity contribution in [3.63, 3.8) is 0 Å². The van der Waals surface area contributed by atoms with E-state index in [2.05, 4.69) is 60.7 Å². The summed E-state index contributed by atoms with van der Waals surface area (Å²) >= 11 is -4.22. The van der Waals surface area contributed by atoms with Gasteiger partial charge in [-0.15, -0.1) is 0 Å². The van der Waals surface area contributed by atoms with E-state index in [1.807, 2.05) is 0 Å². The van der Waals surface area contributed by atoms with Gasteiger partial charge < -0.3 is 0 Å². The summed E-state index contributed by atoms with van der Waals surface area (Å²) in [5.74, 6) is 2.25. The first-order chi connectivity index (χ1) is 12.1. The summed E-state index contributed by atoms with van der Waals surface area (Å²) < 4.78 is 24.1. The van der Waals surface area contributed by atoms with Gasteiger partial charge in [0.15, 0.2) is 0 Å². The molecule has 10 fully saturated rings. The Kier molecular flexibility index (Phi) is 0.474. The van der Waals surface area contributed by atoms with E-state index < -0.39 is 11.4 Å². The Balaban J connectivity index is 1.24. The third-order valence-electron chi connectivity index (χ3n) is 22.2. The predicted octanol–water partition coefficient (Wildman–Crippen LogP) is 5.35. The molecule has 4 unspecified atom stereocenters. The van der Waals surface area contributed by atoms with Crippen molar-refractivity contribution >= 4 is 0 Å². The SMILES string of the molecule is c1ccc(O[C]23[CH]4[CH]5[CH]6[C]2(Oc2ccccc2)[Zr]54632789[CH]3[CH]2[CH]7[CH]8[CH]39)cc1. The van der Waals surface area contributed by atoms with Crippen LogP contribution in [0.2, 0.25) is 29.0 Å². The molecule has 0 radical (unpaired) electrons. The van der Waals surface area contributed by atoms with Gasteiger partial charge in [0.2, 0.25) is 0 Å². The summed E-state index contributed by atoms with van der Waals surface area (Å²) in [6, 6.07) is 21.5. The van der Waals surface area contributed by atoms with E-state index in [0.29, 0.717) is 0 Å². The second-order valence-electron chi connectivity index (χ2n) is 15.5. The van der Waals surface area contributed by atoms with E-state index >= 15 is 0 Å². The summed E-state index contributed by atoms with van der Waals surface area (Å²) in [6.07, 6.45) is 0. The molecule has 10 aliphatic heterocycles. The first-order valence-electron chi connectivity index (χ1n) is 10.6. The Morgan fingerprint density at radius 1 is 0.560 bits per heavy atom. The summed E-state index contributed by atoms with van der Waals surface area (Å²) in [5, 5.41) is 0. The average molecular weight is 406 g/mol. The summed E-state index contributed by atoms with van der Waals surface area (Å²) in [6.45, 7) is 0. The van der Waals surface area contributed by atoms with Crippen LogP contribution >= 0.6 is 0 Å². The third-order valence-corrected chi connectivity index (χ3v) is 115. The van der Waals surface area contributed by atoms with Gasteiger partial charge in [-0.05, 0) is 0 Å². The van der Waals surface area contributed by atoms with E-state index in [-0.39, 0.29) is 6.62 Å². The molecule has 0 amide bonds. The number of rotatable bonds is 4. The van der Waals surface area contributed by atoms with Gasteiger partial charge in [-0.25, -0.2) is 0 Å². The molecule has 2 aromatic carbocycles. The van der Waals surface area contributed by atoms with E-state index in [1.165, 1.54) is 21.8 Å². The van der Waals surface area contributed by atoms with Crippen LogP contribution < -0.4 is 9.47 Å². The minimum atomic E-state index is -4.22. The fourth-order valence-corrected chi connectivity index (χ4v) is 244. The number of fused-ring (bicyclic) bond motifs is 10. The molecule has 10 saturated heterocycles. The molecule has 2 aromatic rings. The summed E-state index contributed by atoms with van der Waals surface area (Å²) in [7, 11) is 0. The van der Waals surface area contributed by atoms with Crippen molar-refractivity contribution in [2.45, 2.75) is 35.6 Å². The van der Waals surface area contributed by atoms with Gasteiger partial charge in [-0.1, -0.05) is 0 Å². The third kappa shape index (κ3) is 0.158. The van der Waals surface area contributed by atoms with Gasteiger partial charge >= 0.3 is 129 Å². The first-order valence-corrected chi connectivity index (χ1v) is 24.4. The topological polar surface area (TPSA) is 18.5 Å². The molecule has 1 spiro atoms. The molecule has 10 heterocycles. The zero-order chi connectivity index (χ0) is 15.6. The van der Waals surface area contributed by atoms with Crippen LogP contribution in [0.4, 0.5) is 0 Å². The van der Waals surface area contributed by atoms with E-state index in [4.69, 9.17) is 9.47 Å². The molecule has 4 atom stereocenters.